The van der Waals surface area contributed by atoms with E-state index in [0.29, 0.717) is 28.5 Å². The second-order valence-electron chi connectivity index (χ2n) is 6.92. The maximum absolute atomic E-state index is 12.2. The van der Waals surface area contributed by atoms with Gasteiger partial charge >= 0.3 is 0 Å². The number of carbonyl (C=O) groups excluding carboxylic acids is 3. The summed E-state index contributed by atoms with van der Waals surface area (Å²) in [7, 11) is 0. The zero-order valence-corrected chi connectivity index (χ0v) is 17.5. The molecule has 2 heterocycles. The zero-order chi connectivity index (χ0) is 23.0. The summed E-state index contributed by atoms with van der Waals surface area (Å²) < 4.78 is 21.0. The molecule has 0 aliphatic carbocycles. The lowest BCUT2D eigenvalue weighted by molar-refractivity contribution is -0.118. The van der Waals surface area contributed by atoms with E-state index in [0.717, 1.165) is 0 Å². The van der Waals surface area contributed by atoms with Gasteiger partial charge in [0.2, 0.25) is 6.79 Å². The monoisotopic (exact) mass is 451 g/mol. The molecule has 0 fully saturated rings. The number of nitrogens with one attached hydrogen (secondary N) is 3. The minimum atomic E-state index is -0.350. The fourth-order valence-corrected chi connectivity index (χ4v) is 2.97. The van der Waals surface area contributed by atoms with E-state index in [1.54, 1.807) is 54.6 Å². The fourth-order valence-electron chi connectivity index (χ4n) is 2.97. The molecule has 1 aliphatic heterocycles. The summed E-state index contributed by atoms with van der Waals surface area (Å²) in [4.78, 5) is 36.1. The molecule has 170 valence electrons. The topological polar surface area (TPSA) is 128 Å². The normalized spacial score (nSPS) is 11.5. The smallest absolute Gasteiger partial charge is 0.287 e. The number of hydrogen-bond donors (Lipinski definition) is 3. The van der Waals surface area contributed by atoms with Crippen LogP contribution in [-0.4, -0.2) is 44.2 Å². The Morgan fingerprint density at radius 1 is 0.879 bits per heavy atom. The SMILES string of the molecule is O=C(COc1ccc2c(c1)OCO2)Nc1ccc(C(=O)NCCNC(=O)c2ccco2)cc1. The van der Waals surface area contributed by atoms with Gasteiger partial charge in [0.1, 0.15) is 5.75 Å². The molecule has 10 nitrogen and oxygen atoms in total. The van der Waals surface area contributed by atoms with Gasteiger partial charge in [0.15, 0.2) is 23.9 Å². The molecule has 2 aromatic carbocycles. The number of hydrogen-bond acceptors (Lipinski definition) is 7. The van der Waals surface area contributed by atoms with Crippen LogP contribution in [0.25, 0.3) is 0 Å². The van der Waals surface area contributed by atoms with Crippen molar-refractivity contribution < 1.29 is 33.0 Å². The van der Waals surface area contributed by atoms with E-state index in [2.05, 4.69) is 16.0 Å². The third kappa shape index (κ3) is 5.82. The highest BCUT2D eigenvalue weighted by Crippen LogP contribution is 2.35. The maximum atomic E-state index is 12.2. The van der Waals surface area contributed by atoms with Crippen molar-refractivity contribution in [3.8, 4) is 17.2 Å². The van der Waals surface area contributed by atoms with Crippen LogP contribution < -0.4 is 30.2 Å². The number of fused-ring (bicyclic) bond motifs is 1. The molecular weight excluding hydrogens is 430 g/mol. The first-order valence-electron chi connectivity index (χ1n) is 10.1. The summed E-state index contributed by atoms with van der Waals surface area (Å²) in [5, 5.41) is 8.04. The van der Waals surface area contributed by atoms with Gasteiger partial charge in [-0.05, 0) is 48.5 Å². The van der Waals surface area contributed by atoms with Crippen molar-refractivity contribution >= 4 is 23.4 Å². The predicted octanol–water partition coefficient (Wildman–Crippen LogP) is 2.19. The minimum Gasteiger partial charge on any atom is -0.484 e. The number of ether oxygens (including phenoxy) is 3. The number of rotatable bonds is 9. The van der Waals surface area contributed by atoms with E-state index < -0.39 is 0 Å². The highest BCUT2D eigenvalue weighted by atomic mass is 16.7. The molecule has 10 heteroatoms. The first-order chi connectivity index (χ1) is 16.1. The van der Waals surface area contributed by atoms with Crippen molar-refractivity contribution in [1.29, 1.82) is 0 Å². The van der Waals surface area contributed by atoms with Crippen LogP contribution in [0, 0.1) is 0 Å². The molecule has 0 radical (unpaired) electrons. The quantitative estimate of drug-likeness (QED) is 0.426. The molecule has 0 atom stereocenters. The van der Waals surface area contributed by atoms with Crippen LogP contribution in [-0.2, 0) is 4.79 Å². The van der Waals surface area contributed by atoms with Gasteiger partial charge in [-0.25, -0.2) is 0 Å². The number of carbonyl (C=O) groups is 3. The Hall–Kier alpha value is -4.47. The Balaban J connectivity index is 1.18. The molecule has 3 N–H and O–H groups in total. The van der Waals surface area contributed by atoms with Gasteiger partial charge in [-0.1, -0.05) is 0 Å². The maximum Gasteiger partial charge on any atom is 0.287 e. The molecule has 0 unspecified atom stereocenters. The van der Waals surface area contributed by atoms with Crippen molar-refractivity contribution in [2.45, 2.75) is 0 Å². The molecule has 0 saturated heterocycles. The first-order valence-corrected chi connectivity index (χ1v) is 10.1. The van der Waals surface area contributed by atoms with Crippen LogP contribution in [0.4, 0.5) is 5.69 Å². The Morgan fingerprint density at radius 2 is 1.64 bits per heavy atom. The third-order valence-corrected chi connectivity index (χ3v) is 4.59. The molecule has 1 aliphatic rings. The van der Waals surface area contributed by atoms with E-state index in [9.17, 15) is 14.4 Å². The van der Waals surface area contributed by atoms with Gasteiger partial charge in [0, 0.05) is 30.4 Å². The Morgan fingerprint density at radius 3 is 2.39 bits per heavy atom. The summed E-state index contributed by atoms with van der Waals surface area (Å²) in [6.07, 6.45) is 1.41. The number of benzene rings is 2. The van der Waals surface area contributed by atoms with Crippen LogP contribution in [0.1, 0.15) is 20.9 Å². The summed E-state index contributed by atoms with van der Waals surface area (Å²) in [5.41, 5.74) is 0.943. The standard InChI is InChI=1S/C23H21N3O7/c27-21(13-31-17-7-8-18-20(12-17)33-14-32-18)26-16-5-3-15(4-6-16)22(28)24-9-10-25-23(29)19-2-1-11-30-19/h1-8,11-12H,9-10,13-14H2,(H,24,28)(H,25,29)(H,26,27). The van der Waals surface area contributed by atoms with E-state index >= 15 is 0 Å². The predicted molar refractivity (Wildman–Crippen MR) is 117 cm³/mol. The molecule has 0 bridgehead atoms. The van der Waals surface area contributed by atoms with Gasteiger partial charge in [-0.15, -0.1) is 0 Å². The van der Waals surface area contributed by atoms with Crippen molar-refractivity contribution in [1.82, 2.24) is 10.6 Å². The lowest BCUT2D eigenvalue weighted by Gasteiger charge is -2.09. The Bertz CT molecular complexity index is 1130. The van der Waals surface area contributed by atoms with E-state index in [-0.39, 0.29) is 50.0 Å². The van der Waals surface area contributed by atoms with Gasteiger partial charge in [-0.2, -0.15) is 0 Å². The molecule has 0 spiro atoms. The average molecular weight is 451 g/mol. The van der Waals surface area contributed by atoms with Crippen molar-refractivity contribution in [3.05, 3.63) is 72.2 Å². The highest BCUT2D eigenvalue weighted by molar-refractivity contribution is 5.96. The van der Waals surface area contributed by atoms with Crippen LogP contribution in [0.15, 0.2) is 65.3 Å². The Labute approximate surface area is 188 Å². The van der Waals surface area contributed by atoms with Gasteiger partial charge in [0.25, 0.3) is 17.7 Å². The average Bonchev–Trinajstić information content (AvgIpc) is 3.52. The zero-order valence-electron chi connectivity index (χ0n) is 17.5. The van der Waals surface area contributed by atoms with E-state index in [1.165, 1.54) is 6.26 Å². The van der Waals surface area contributed by atoms with Crippen LogP contribution in [0.5, 0.6) is 17.2 Å². The van der Waals surface area contributed by atoms with Crippen molar-refractivity contribution in [2.75, 3.05) is 31.8 Å². The summed E-state index contributed by atoms with van der Waals surface area (Å²) in [6, 6.07) is 14.6. The lowest BCUT2D eigenvalue weighted by Crippen LogP contribution is -2.34. The van der Waals surface area contributed by atoms with Gasteiger partial charge < -0.3 is 34.6 Å². The highest BCUT2D eigenvalue weighted by Gasteiger charge is 2.14. The Kier molecular flexibility index (Phi) is 6.74. The first kappa shape index (κ1) is 21.8. The third-order valence-electron chi connectivity index (χ3n) is 4.59. The summed E-state index contributed by atoms with van der Waals surface area (Å²) in [5.74, 6) is 0.901. The second-order valence-corrected chi connectivity index (χ2v) is 6.92. The molecule has 3 amide bonds. The minimum absolute atomic E-state index is 0.162. The van der Waals surface area contributed by atoms with E-state index in [4.69, 9.17) is 18.6 Å². The van der Waals surface area contributed by atoms with Crippen LogP contribution in [0.2, 0.25) is 0 Å². The number of amides is 3. The summed E-state index contributed by atoms with van der Waals surface area (Å²) in [6.45, 7) is 0.477. The molecular formula is C23H21N3O7. The largest absolute Gasteiger partial charge is 0.484 e. The van der Waals surface area contributed by atoms with Crippen molar-refractivity contribution in [2.24, 2.45) is 0 Å². The van der Waals surface area contributed by atoms with Crippen molar-refractivity contribution in [3.63, 3.8) is 0 Å². The fraction of sp³-hybridized carbons (Fsp3) is 0.174. The molecule has 3 aromatic rings. The summed E-state index contributed by atoms with van der Waals surface area (Å²) >= 11 is 0. The lowest BCUT2D eigenvalue weighted by atomic mass is 10.2. The molecule has 0 saturated carbocycles. The van der Waals surface area contributed by atoms with Gasteiger partial charge in [-0.3, -0.25) is 14.4 Å². The van der Waals surface area contributed by atoms with Crippen LogP contribution in [0.3, 0.4) is 0 Å². The number of furan rings is 1. The molecule has 4 rings (SSSR count). The van der Waals surface area contributed by atoms with E-state index in [1.807, 2.05) is 0 Å². The second kappa shape index (κ2) is 10.2. The van der Waals surface area contributed by atoms with Gasteiger partial charge in [0.05, 0.1) is 6.26 Å². The van der Waals surface area contributed by atoms with Crippen LogP contribution >= 0.6 is 0 Å². The molecule has 1 aromatic heterocycles. The number of anilines is 1. The molecule has 33 heavy (non-hydrogen) atoms.